The summed E-state index contributed by atoms with van der Waals surface area (Å²) in [6, 6.07) is 5.36. The first-order valence-corrected chi connectivity index (χ1v) is 6.75. The monoisotopic (exact) mass is 296 g/mol. The van der Waals surface area contributed by atoms with E-state index in [1.165, 1.54) is 0 Å². The van der Waals surface area contributed by atoms with Crippen molar-refractivity contribution in [3.63, 3.8) is 0 Å². The van der Waals surface area contributed by atoms with Crippen LogP contribution in [0, 0.1) is 5.92 Å². The average molecular weight is 297 g/mol. The van der Waals surface area contributed by atoms with E-state index in [1.54, 1.807) is 18.2 Å². The summed E-state index contributed by atoms with van der Waals surface area (Å²) in [5.74, 6) is 0.776. The molecule has 1 amide bonds. The number of hydrogen-bond acceptors (Lipinski definition) is 2. The molecule has 1 saturated heterocycles. The van der Waals surface area contributed by atoms with Crippen molar-refractivity contribution < 1.29 is 4.79 Å². The van der Waals surface area contributed by atoms with E-state index < -0.39 is 0 Å². The summed E-state index contributed by atoms with van der Waals surface area (Å²) in [5.41, 5.74) is 7.09. The molecule has 1 unspecified atom stereocenters. The predicted molar refractivity (Wildman–Crippen MR) is 72.9 cm³/mol. The number of carbonyl (C=O) groups is 1. The van der Waals surface area contributed by atoms with Gasteiger partial charge in [-0.05, 0) is 46.5 Å². The lowest BCUT2D eigenvalue weighted by Crippen LogP contribution is -2.28. The van der Waals surface area contributed by atoms with Crippen LogP contribution in [-0.4, -0.2) is 23.9 Å². The Morgan fingerprint density at radius 1 is 1.59 bits per heavy atom. The largest absolute Gasteiger partial charge is 0.398 e. The lowest BCUT2D eigenvalue weighted by Gasteiger charge is -2.16. The molecular weight excluding hydrogens is 280 g/mol. The minimum atomic E-state index is 0.113. The molecule has 1 aromatic carbocycles. The van der Waals surface area contributed by atoms with Crippen molar-refractivity contribution in [3.05, 3.63) is 28.2 Å². The standard InChI is InChI=1S/C13H17BrN2O/c1-2-9-5-6-16(8-9)13(17)10-3-4-12(15)11(14)7-10/h3-4,7,9H,2,5-6,8,15H2,1H3. The molecular formula is C13H17BrN2O. The Hall–Kier alpha value is -1.03. The normalized spacial score (nSPS) is 19.6. The lowest BCUT2D eigenvalue weighted by atomic mass is 10.1. The van der Waals surface area contributed by atoms with E-state index in [-0.39, 0.29) is 5.91 Å². The van der Waals surface area contributed by atoms with Crippen LogP contribution < -0.4 is 5.73 Å². The number of nitrogen functional groups attached to an aromatic ring is 1. The van der Waals surface area contributed by atoms with Crippen molar-refractivity contribution in [2.24, 2.45) is 5.92 Å². The van der Waals surface area contributed by atoms with E-state index in [9.17, 15) is 4.79 Å². The molecule has 0 aromatic heterocycles. The Morgan fingerprint density at radius 2 is 2.35 bits per heavy atom. The van der Waals surface area contributed by atoms with Crippen molar-refractivity contribution in [1.82, 2.24) is 4.90 Å². The first kappa shape index (κ1) is 12.4. The maximum Gasteiger partial charge on any atom is 0.253 e. The molecule has 0 bridgehead atoms. The van der Waals surface area contributed by atoms with E-state index >= 15 is 0 Å². The van der Waals surface area contributed by atoms with Crippen LogP contribution in [0.2, 0.25) is 0 Å². The van der Waals surface area contributed by atoms with Gasteiger partial charge in [0.25, 0.3) is 5.91 Å². The van der Waals surface area contributed by atoms with Gasteiger partial charge in [0, 0.05) is 28.8 Å². The van der Waals surface area contributed by atoms with Gasteiger partial charge in [-0.1, -0.05) is 13.3 Å². The molecule has 3 nitrogen and oxygen atoms in total. The Morgan fingerprint density at radius 3 is 2.94 bits per heavy atom. The van der Waals surface area contributed by atoms with Gasteiger partial charge in [-0.15, -0.1) is 0 Å². The number of nitrogens with zero attached hydrogens (tertiary/aromatic N) is 1. The lowest BCUT2D eigenvalue weighted by molar-refractivity contribution is 0.0787. The number of amides is 1. The fraction of sp³-hybridized carbons (Fsp3) is 0.462. The second-order valence-corrected chi connectivity index (χ2v) is 5.40. The summed E-state index contributed by atoms with van der Waals surface area (Å²) in [7, 11) is 0. The SMILES string of the molecule is CCC1CCN(C(=O)c2ccc(N)c(Br)c2)C1. The molecule has 1 aliphatic heterocycles. The van der Waals surface area contributed by atoms with Gasteiger partial charge >= 0.3 is 0 Å². The zero-order valence-electron chi connectivity index (χ0n) is 9.95. The van der Waals surface area contributed by atoms with Crippen LogP contribution in [-0.2, 0) is 0 Å². The van der Waals surface area contributed by atoms with E-state index in [0.29, 0.717) is 17.2 Å². The van der Waals surface area contributed by atoms with E-state index in [1.807, 2.05) is 4.90 Å². The minimum Gasteiger partial charge on any atom is -0.398 e. The Balaban J connectivity index is 2.12. The number of hydrogen-bond donors (Lipinski definition) is 1. The zero-order valence-corrected chi connectivity index (χ0v) is 11.5. The summed E-state index contributed by atoms with van der Waals surface area (Å²) >= 11 is 3.35. The number of rotatable bonds is 2. The number of benzene rings is 1. The molecule has 0 aliphatic carbocycles. The van der Waals surface area contributed by atoms with Crippen LogP contribution in [0.1, 0.15) is 30.1 Å². The summed E-state index contributed by atoms with van der Waals surface area (Å²) in [5, 5.41) is 0. The highest BCUT2D eigenvalue weighted by atomic mass is 79.9. The summed E-state index contributed by atoms with van der Waals surface area (Å²) < 4.78 is 0.787. The molecule has 0 radical (unpaired) electrons. The van der Waals surface area contributed by atoms with E-state index in [2.05, 4.69) is 22.9 Å². The third-order valence-corrected chi connectivity index (χ3v) is 4.08. The van der Waals surface area contributed by atoms with Gasteiger partial charge in [0.1, 0.15) is 0 Å². The smallest absolute Gasteiger partial charge is 0.253 e. The number of anilines is 1. The predicted octanol–water partition coefficient (Wildman–Crippen LogP) is 2.90. The first-order chi connectivity index (χ1) is 8.11. The maximum absolute atomic E-state index is 12.2. The molecule has 1 fully saturated rings. The van der Waals surface area contributed by atoms with Crippen molar-refractivity contribution in [2.45, 2.75) is 19.8 Å². The molecule has 2 N–H and O–H groups in total. The van der Waals surface area contributed by atoms with Crippen molar-refractivity contribution >= 4 is 27.5 Å². The molecule has 1 aromatic rings. The third kappa shape index (κ3) is 2.63. The van der Waals surface area contributed by atoms with Gasteiger partial charge < -0.3 is 10.6 Å². The highest BCUT2D eigenvalue weighted by Crippen LogP contribution is 2.24. The minimum absolute atomic E-state index is 0.113. The van der Waals surface area contributed by atoms with Crippen LogP contribution in [0.15, 0.2) is 22.7 Å². The second-order valence-electron chi connectivity index (χ2n) is 4.55. The van der Waals surface area contributed by atoms with Crippen molar-refractivity contribution in [3.8, 4) is 0 Å². The van der Waals surface area contributed by atoms with Crippen molar-refractivity contribution in [1.29, 1.82) is 0 Å². The van der Waals surface area contributed by atoms with Crippen molar-refractivity contribution in [2.75, 3.05) is 18.8 Å². The molecule has 1 atom stereocenters. The van der Waals surface area contributed by atoms with Gasteiger partial charge in [-0.3, -0.25) is 4.79 Å². The topological polar surface area (TPSA) is 46.3 Å². The van der Waals surface area contributed by atoms with E-state index in [4.69, 9.17) is 5.73 Å². The molecule has 1 heterocycles. The molecule has 0 saturated carbocycles. The highest BCUT2D eigenvalue weighted by Gasteiger charge is 2.25. The van der Waals surface area contributed by atoms with Gasteiger partial charge in [-0.2, -0.15) is 0 Å². The average Bonchev–Trinajstić information content (AvgIpc) is 2.80. The van der Waals surface area contributed by atoms with Crippen LogP contribution in [0.4, 0.5) is 5.69 Å². The molecule has 17 heavy (non-hydrogen) atoms. The van der Waals surface area contributed by atoms with Crippen LogP contribution >= 0.6 is 15.9 Å². The maximum atomic E-state index is 12.2. The molecule has 4 heteroatoms. The number of carbonyl (C=O) groups excluding carboxylic acids is 1. The second kappa shape index (κ2) is 5.08. The molecule has 92 valence electrons. The number of nitrogens with two attached hydrogens (primary N) is 1. The zero-order chi connectivity index (χ0) is 12.4. The van der Waals surface area contributed by atoms with E-state index in [0.717, 1.165) is 30.4 Å². The molecule has 2 rings (SSSR count). The van der Waals surface area contributed by atoms with Crippen LogP contribution in [0.5, 0.6) is 0 Å². The van der Waals surface area contributed by atoms with Gasteiger partial charge in [0.2, 0.25) is 0 Å². The third-order valence-electron chi connectivity index (χ3n) is 3.40. The van der Waals surface area contributed by atoms with Gasteiger partial charge in [0.05, 0.1) is 0 Å². The Bertz CT molecular complexity index is 433. The number of likely N-dealkylation sites (tertiary alicyclic amines) is 1. The Kier molecular flexibility index (Phi) is 3.72. The quantitative estimate of drug-likeness (QED) is 0.853. The summed E-state index contributed by atoms with van der Waals surface area (Å²) in [6.45, 7) is 3.94. The fourth-order valence-corrected chi connectivity index (χ4v) is 2.57. The number of halogens is 1. The molecule has 0 spiro atoms. The summed E-state index contributed by atoms with van der Waals surface area (Å²) in [4.78, 5) is 14.2. The van der Waals surface area contributed by atoms with Crippen LogP contribution in [0.3, 0.4) is 0 Å². The highest BCUT2D eigenvalue weighted by molar-refractivity contribution is 9.10. The molecule has 1 aliphatic rings. The summed E-state index contributed by atoms with van der Waals surface area (Å²) in [6.07, 6.45) is 2.27. The fourth-order valence-electron chi connectivity index (χ4n) is 2.19. The van der Waals surface area contributed by atoms with Gasteiger partial charge in [-0.25, -0.2) is 0 Å². The van der Waals surface area contributed by atoms with Crippen LogP contribution in [0.25, 0.3) is 0 Å². The van der Waals surface area contributed by atoms with Gasteiger partial charge in [0.15, 0.2) is 0 Å². The Labute approximate surface area is 110 Å². The first-order valence-electron chi connectivity index (χ1n) is 5.96.